The van der Waals surface area contributed by atoms with E-state index in [4.69, 9.17) is 9.15 Å². The molecule has 29 heavy (non-hydrogen) atoms. The van der Waals surface area contributed by atoms with Crippen molar-refractivity contribution < 1.29 is 18.7 Å². The Morgan fingerprint density at radius 2 is 2.10 bits per heavy atom. The number of anilines is 1. The van der Waals surface area contributed by atoms with Crippen molar-refractivity contribution >= 4 is 50.3 Å². The van der Waals surface area contributed by atoms with Gasteiger partial charge in [-0.2, -0.15) is 0 Å². The summed E-state index contributed by atoms with van der Waals surface area (Å²) in [6.45, 7) is 3.54. The number of rotatable bonds is 5. The highest BCUT2D eigenvalue weighted by molar-refractivity contribution is 7.18. The number of amides is 1. The summed E-state index contributed by atoms with van der Waals surface area (Å²) in [6, 6.07) is 8.92. The molecule has 9 heteroatoms. The van der Waals surface area contributed by atoms with Crippen LogP contribution in [0.4, 0.5) is 5.00 Å². The van der Waals surface area contributed by atoms with Crippen LogP contribution < -0.4 is 10.9 Å². The van der Waals surface area contributed by atoms with Crippen LogP contribution in [0.25, 0.3) is 22.1 Å². The van der Waals surface area contributed by atoms with E-state index >= 15 is 0 Å². The van der Waals surface area contributed by atoms with Crippen molar-refractivity contribution in [1.82, 2.24) is 9.55 Å². The van der Waals surface area contributed by atoms with Crippen LogP contribution in [0.1, 0.15) is 22.2 Å². The standard InChI is InChI=1S/C20H17N3O5S/c1-3-27-20(26)18-11(2)8-15(29-18)22-14(24)9-23-10-21-16-12-6-4-5-7-13(12)28-17(16)19(23)25/h4-8,10H,3,9H2,1-2H3,(H,22,24). The summed E-state index contributed by atoms with van der Waals surface area (Å²) in [6.07, 6.45) is 1.33. The van der Waals surface area contributed by atoms with Crippen molar-refractivity contribution in [3.8, 4) is 0 Å². The zero-order valence-electron chi connectivity index (χ0n) is 15.7. The molecule has 0 spiro atoms. The van der Waals surface area contributed by atoms with Gasteiger partial charge in [0.15, 0.2) is 0 Å². The predicted molar refractivity (Wildman–Crippen MR) is 109 cm³/mol. The van der Waals surface area contributed by atoms with Gasteiger partial charge in [0.05, 0.1) is 17.9 Å². The van der Waals surface area contributed by atoms with Crippen molar-refractivity contribution in [2.45, 2.75) is 20.4 Å². The van der Waals surface area contributed by atoms with E-state index in [-0.39, 0.29) is 18.7 Å². The topological polar surface area (TPSA) is 103 Å². The molecule has 0 aliphatic heterocycles. The molecule has 0 saturated heterocycles. The summed E-state index contributed by atoms with van der Waals surface area (Å²) in [5.41, 5.74) is 1.42. The SMILES string of the molecule is CCOC(=O)c1sc(NC(=O)Cn2cnc3c(oc4ccccc43)c2=O)cc1C. The number of furan rings is 1. The minimum absolute atomic E-state index is 0.109. The molecule has 0 atom stereocenters. The molecule has 8 nitrogen and oxygen atoms in total. The number of thiophene rings is 1. The summed E-state index contributed by atoms with van der Waals surface area (Å²) in [5, 5.41) is 3.95. The first-order valence-corrected chi connectivity index (χ1v) is 9.73. The number of ether oxygens (including phenoxy) is 1. The molecule has 0 bridgehead atoms. The number of fused-ring (bicyclic) bond motifs is 3. The largest absolute Gasteiger partial charge is 0.462 e. The molecule has 1 N–H and O–H groups in total. The highest BCUT2D eigenvalue weighted by atomic mass is 32.1. The fraction of sp³-hybridized carbons (Fsp3) is 0.200. The first-order valence-electron chi connectivity index (χ1n) is 8.92. The van der Waals surface area contributed by atoms with Crippen molar-refractivity contribution in [1.29, 1.82) is 0 Å². The number of aromatic nitrogens is 2. The second kappa shape index (κ2) is 7.51. The number of nitrogens with zero attached hydrogens (tertiary/aromatic N) is 2. The highest BCUT2D eigenvalue weighted by Crippen LogP contribution is 2.27. The van der Waals surface area contributed by atoms with Gasteiger partial charge in [-0.1, -0.05) is 12.1 Å². The van der Waals surface area contributed by atoms with Gasteiger partial charge in [0, 0.05) is 5.39 Å². The first kappa shape index (κ1) is 18.9. The molecular weight excluding hydrogens is 394 g/mol. The number of aryl methyl sites for hydroxylation is 1. The Bertz CT molecular complexity index is 1300. The fourth-order valence-corrected chi connectivity index (χ4v) is 3.99. The Hall–Kier alpha value is -3.46. The summed E-state index contributed by atoms with van der Waals surface area (Å²) >= 11 is 1.13. The molecule has 4 rings (SSSR count). The van der Waals surface area contributed by atoms with Gasteiger partial charge < -0.3 is 14.5 Å². The van der Waals surface area contributed by atoms with E-state index in [1.54, 1.807) is 26.0 Å². The van der Waals surface area contributed by atoms with E-state index in [1.807, 2.05) is 18.2 Å². The minimum Gasteiger partial charge on any atom is -0.462 e. The predicted octanol–water partition coefficient (Wildman–Crippen LogP) is 3.33. The van der Waals surface area contributed by atoms with Crippen LogP contribution in [0.2, 0.25) is 0 Å². The van der Waals surface area contributed by atoms with Crippen molar-refractivity contribution in [2.24, 2.45) is 0 Å². The average molecular weight is 411 g/mol. The monoisotopic (exact) mass is 411 g/mol. The molecule has 0 aliphatic rings. The lowest BCUT2D eigenvalue weighted by Gasteiger charge is -2.05. The molecular formula is C20H17N3O5S. The number of hydrogen-bond acceptors (Lipinski definition) is 7. The average Bonchev–Trinajstić information content (AvgIpc) is 3.25. The molecule has 4 aromatic rings. The molecule has 0 fully saturated rings. The highest BCUT2D eigenvalue weighted by Gasteiger charge is 2.17. The number of carbonyl (C=O) groups is 2. The molecule has 148 valence electrons. The van der Waals surface area contributed by atoms with Gasteiger partial charge >= 0.3 is 5.97 Å². The van der Waals surface area contributed by atoms with Crippen LogP contribution in [0.15, 0.2) is 45.9 Å². The lowest BCUT2D eigenvalue weighted by Crippen LogP contribution is -2.27. The minimum atomic E-state index is -0.434. The molecule has 0 saturated carbocycles. The van der Waals surface area contributed by atoms with Gasteiger partial charge in [0.2, 0.25) is 11.5 Å². The Balaban J connectivity index is 1.56. The van der Waals surface area contributed by atoms with E-state index in [0.717, 1.165) is 16.7 Å². The van der Waals surface area contributed by atoms with E-state index < -0.39 is 17.4 Å². The Kier molecular flexibility index (Phi) is 4.89. The van der Waals surface area contributed by atoms with Gasteiger partial charge in [-0.3, -0.25) is 14.2 Å². The number of hydrogen-bond donors (Lipinski definition) is 1. The maximum Gasteiger partial charge on any atom is 0.348 e. The summed E-state index contributed by atoms with van der Waals surface area (Å²) in [5.74, 6) is -0.840. The number of benzene rings is 1. The van der Waals surface area contributed by atoms with Gasteiger partial charge in [0.25, 0.3) is 5.56 Å². The zero-order valence-corrected chi connectivity index (χ0v) is 16.5. The third kappa shape index (κ3) is 3.52. The van der Waals surface area contributed by atoms with Crippen LogP contribution in [0.3, 0.4) is 0 Å². The molecule has 3 aromatic heterocycles. The fourth-order valence-electron chi connectivity index (χ4n) is 3.00. The van der Waals surface area contributed by atoms with Gasteiger partial charge in [0.1, 0.15) is 22.5 Å². The van der Waals surface area contributed by atoms with Crippen LogP contribution in [0.5, 0.6) is 0 Å². The maximum absolute atomic E-state index is 12.7. The van der Waals surface area contributed by atoms with E-state index in [2.05, 4.69) is 10.3 Å². The van der Waals surface area contributed by atoms with Gasteiger partial charge in [-0.15, -0.1) is 11.3 Å². The summed E-state index contributed by atoms with van der Waals surface area (Å²) in [7, 11) is 0. The molecule has 0 aliphatic carbocycles. The van der Waals surface area contributed by atoms with Crippen LogP contribution in [-0.2, 0) is 16.1 Å². The normalized spacial score (nSPS) is 11.1. The number of nitrogens with one attached hydrogen (secondary N) is 1. The Morgan fingerprint density at radius 1 is 1.31 bits per heavy atom. The van der Waals surface area contributed by atoms with Gasteiger partial charge in [-0.25, -0.2) is 9.78 Å². The summed E-state index contributed by atoms with van der Waals surface area (Å²) in [4.78, 5) is 41.7. The number of carbonyl (C=O) groups excluding carboxylic acids is 2. The molecule has 0 radical (unpaired) electrons. The van der Waals surface area contributed by atoms with Crippen LogP contribution in [-0.4, -0.2) is 28.0 Å². The molecule has 3 heterocycles. The second-order valence-electron chi connectivity index (χ2n) is 6.35. The lowest BCUT2D eigenvalue weighted by molar-refractivity contribution is -0.116. The van der Waals surface area contributed by atoms with Crippen molar-refractivity contribution in [3.63, 3.8) is 0 Å². The first-order chi connectivity index (χ1) is 14.0. The van der Waals surface area contributed by atoms with E-state index in [1.165, 1.54) is 10.9 Å². The van der Waals surface area contributed by atoms with E-state index in [9.17, 15) is 14.4 Å². The summed E-state index contributed by atoms with van der Waals surface area (Å²) < 4.78 is 11.8. The Labute approximate surface area is 168 Å². The molecule has 1 amide bonds. The van der Waals surface area contributed by atoms with Crippen molar-refractivity contribution in [3.05, 3.63) is 57.5 Å². The second-order valence-corrected chi connectivity index (χ2v) is 7.40. The zero-order chi connectivity index (χ0) is 20.5. The molecule has 0 unspecified atom stereocenters. The van der Waals surface area contributed by atoms with Crippen molar-refractivity contribution in [2.75, 3.05) is 11.9 Å². The van der Waals surface area contributed by atoms with E-state index in [0.29, 0.717) is 26.5 Å². The quantitative estimate of drug-likeness (QED) is 0.505. The van der Waals surface area contributed by atoms with Gasteiger partial charge in [-0.05, 0) is 37.6 Å². The third-order valence-corrected chi connectivity index (χ3v) is 5.44. The maximum atomic E-state index is 12.7. The molecule has 1 aromatic carbocycles. The smallest absolute Gasteiger partial charge is 0.348 e. The lowest BCUT2D eigenvalue weighted by atomic mass is 10.2. The number of para-hydroxylation sites is 1. The number of esters is 1. The third-order valence-electron chi connectivity index (χ3n) is 4.31. The van der Waals surface area contributed by atoms with Crippen LogP contribution in [0, 0.1) is 6.92 Å². The Morgan fingerprint density at radius 3 is 2.90 bits per heavy atom. The van der Waals surface area contributed by atoms with Crippen LogP contribution >= 0.6 is 11.3 Å².